The van der Waals surface area contributed by atoms with Crippen molar-refractivity contribution < 1.29 is 0 Å². The Kier molecular flexibility index (Phi) is 3.34. The summed E-state index contributed by atoms with van der Waals surface area (Å²) < 4.78 is 0. The van der Waals surface area contributed by atoms with E-state index in [-0.39, 0.29) is 0 Å². The Labute approximate surface area is 99.5 Å². The summed E-state index contributed by atoms with van der Waals surface area (Å²) in [5, 5.41) is 0. The fourth-order valence-corrected chi connectivity index (χ4v) is 2.47. The first-order valence-electron chi connectivity index (χ1n) is 6.49. The Morgan fingerprint density at radius 3 is 2.06 bits per heavy atom. The molecule has 0 unspecified atom stereocenters. The van der Waals surface area contributed by atoms with E-state index < -0.39 is 0 Å². The van der Waals surface area contributed by atoms with E-state index in [4.69, 9.17) is 0 Å². The topological polar surface area (TPSA) is 3.24 Å². The van der Waals surface area contributed by atoms with Gasteiger partial charge in [-0.05, 0) is 38.4 Å². The summed E-state index contributed by atoms with van der Waals surface area (Å²) in [4.78, 5) is 2.55. The highest BCUT2D eigenvalue weighted by Gasteiger charge is 2.44. The second kappa shape index (κ2) is 4.58. The van der Waals surface area contributed by atoms with Crippen molar-refractivity contribution in [2.24, 2.45) is 0 Å². The van der Waals surface area contributed by atoms with Gasteiger partial charge in [-0.25, -0.2) is 0 Å². The van der Waals surface area contributed by atoms with Crippen LogP contribution in [0.25, 0.3) is 0 Å². The minimum Gasteiger partial charge on any atom is -0.303 e. The summed E-state index contributed by atoms with van der Waals surface area (Å²) >= 11 is 0. The molecule has 1 aliphatic rings. The molecule has 1 fully saturated rings. The van der Waals surface area contributed by atoms with Crippen molar-refractivity contribution in [3.63, 3.8) is 0 Å². The molecule has 0 bridgehead atoms. The molecular formula is C15H23N. The first-order chi connectivity index (χ1) is 7.70. The van der Waals surface area contributed by atoms with Crippen molar-refractivity contribution in [2.75, 3.05) is 19.6 Å². The number of nitrogens with zero attached hydrogens (tertiary/aromatic N) is 1. The van der Waals surface area contributed by atoms with Crippen LogP contribution in [0.15, 0.2) is 24.3 Å². The average molecular weight is 217 g/mol. The molecule has 0 saturated heterocycles. The molecule has 16 heavy (non-hydrogen) atoms. The average Bonchev–Trinajstić information content (AvgIpc) is 3.08. The third-order valence-corrected chi connectivity index (χ3v) is 3.94. The van der Waals surface area contributed by atoms with Crippen LogP contribution in [0.4, 0.5) is 0 Å². The molecule has 0 radical (unpaired) electrons. The van der Waals surface area contributed by atoms with Gasteiger partial charge in [-0.3, -0.25) is 0 Å². The van der Waals surface area contributed by atoms with Gasteiger partial charge in [0.1, 0.15) is 0 Å². The second-order valence-electron chi connectivity index (χ2n) is 5.11. The van der Waals surface area contributed by atoms with E-state index in [1.807, 2.05) is 0 Å². The van der Waals surface area contributed by atoms with Gasteiger partial charge in [0.2, 0.25) is 0 Å². The number of rotatable bonds is 5. The lowest BCUT2D eigenvalue weighted by Gasteiger charge is -2.25. The molecule has 0 amide bonds. The lowest BCUT2D eigenvalue weighted by molar-refractivity contribution is 0.275. The molecule has 0 aliphatic heterocycles. The van der Waals surface area contributed by atoms with Crippen LogP contribution in [-0.4, -0.2) is 24.5 Å². The van der Waals surface area contributed by atoms with Gasteiger partial charge < -0.3 is 4.90 Å². The first-order valence-corrected chi connectivity index (χ1v) is 6.49. The molecule has 0 N–H and O–H groups in total. The van der Waals surface area contributed by atoms with Crippen molar-refractivity contribution in [1.82, 2.24) is 4.90 Å². The summed E-state index contributed by atoms with van der Waals surface area (Å²) in [5.41, 5.74) is 3.40. The normalized spacial score (nSPS) is 17.8. The van der Waals surface area contributed by atoms with Gasteiger partial charge >= 0.3 is 0 Å². The van der Waals surface area contributed by atoms with E-state index in [0.717, 1.165) is 0 Å². The highest BCUT2D eigenvalue weighted by Crippen LogP contribution is 2.48. The molecule has 0 heterocycles. The molecule has 1 aromatic carbocycles. The van der Waals surface area contributed by atoms with Gasteiger partial charge in [0, 0.05) is 12.0 Å². The van der Waals surface area contributed by atoms with Gasteiger partial charge in [0.15, 0.2) is 0 Å². The van der Waals surface area contributed by atoms with E-state index in [2.05, 4.69) is 49.9 Å². The number of likely N-dealkylation sites (N-methyl/N-ethyl adjacent to an activating group) is 1. The number of hydrogen-bond donors (Lipinski definition) is 0. The summed E-state index contributed by atoms with van der Waals surface area (Å²) in [6.45, 7) is 10.3. The largest absolute Gasteiger partial charge is 0.303 e. The summed E-state index contributed by atoms with van der Waals surface area (Å²) in [6, 6.07) is 9.15. The third-order valence-electron chi connectivity index (χ3n) is 3.94. The summed E-state index contributed by atoms with van der Waals surface area (Å²) in [6.07, 6.45) is 2.74. The van der Waals surface area contributed by atoms with Crippen molar-refractivity contribution >= 4 is 0 Å². The molecule has 1 saturated carbocycles. The maximum absolute atomic E-state index is 2.55. The molecule has 88 valence electrons. The Balaban J connectivity index is 2.10. The first kappa shape index (κ1) is 11.7. The van der Waals surface area contributed by atoms with Crippen molar-refractivity contribution in [3.8, 4) is 0 Å². The lowest BCUT2D eigenvalue weighted by atomic mass is 9.94. The van der Waals surface area contributed by atoms with E-state index in [0.29, 0.717) is 5.41 Å². The highest BCUT2D eigenvalue weighted by molar-refractivity contribution is 5.33. The Morgan fingerprint density at radius 1 is 1.06 bits per heavy atom. The predicted molar refractivity (Wildman–Crippen MR) is 69.9 cm³/mol. The van der Waals surface area contributed by atoms with Crippen molar-refractivity contribution in [3.05, 3.63) is 35.4 Å². The summed E-state index contributed by atoms with van der Waals surface area (Å²) in [7, 11) is 0. The van der Waals surface area contributed by atoms with Crippen LogP contribution in [0, 0.1) is 6.92 Å². The van der Waals surface area contributed by atoms with Crippen LogP contribution >= 0.6 is 0 Å². The van der Waals surface area contributed by atoms with E-state index in [1.165, 1.54) is 38.0 Å². The highest BCUT2D eigenvalue weighted by atomic mass is 15.1. The van der Waals surface area contributed by atoms with Crippen LogP contribution in [0.3, 0.4) is 0 Å². The molecule has 2 rings (SSSR count). The van der Waals surface area contributed by atoms with Crippen LogP contribution in [0.1, 0.15) is 37.8 Å². The molecule has 1 aliphatic carbocycles. The van der Waals surface area contributed by atoms with Crippen LogP contribution in [-0.2, 0) is 5.41 Å². The lowest BCUT2D eigenvalue weighted by Crippen LogP contribution is -2.32. The third kappa shape index (κ3) is 2.30. The molecule has 0 spiro atoms. The minimum atomic E-state index is 0.486. The van der Waals surface area contributed by atoms with Crippen LogP contribution in [0.2, 0.25) is 0 Å². The van der Waals surface area contributed by atoms with Crippen LogP contribution < -0.4 is 0 Å². The second-order valence-corrected chi connectivity index (χ2v) is 5.11. The zero-order valence-corrected chi connectivity index (χ0v) is 10.8. The SMILES string of the molecule is CCN(CC)CC1(c2ccc(C)cc2)CC1. The number of benzene rings is 1. The maximum atomic E-state index is 2.55. The fraction of sp³-hybridized carbons (Fsp3) is 0.600. The zero-order valence-electron chi connectivity index (χ0n) is 10.8. The molecule has 0 atom stereocenters. The number of hydrogen-bond acceptors (Lipinski definition) is 1. The quantitative estimate of drug-likeness (QED) is 0.731. The zero-order chi connectivity index (χ0) is 11.6. The predicted octanol–water partition coefficient (Wildman–Crippen LogP) is 3.37. The van der Waals surface area contributed by atoms with E-state index in [9.17, 15) is 0 Å². The minimum absolute atomic E-state index is 0.486. The molecule has 0 aromatic heterocycles. The monoisotopic (exact) mass is 217 g/mol. The van der Waals surface area contributed by atoms with Gasteiger partial charge in [-0.15, -0.1) is 0 Å². The van der Waals surface area contributed by atoms with Crippen LogP contribution in [0.5, 0.6) is 0 Å². The smallest absolute Gasteiger partial charge is 0.00809 e. The van der Waals surface area contributed by atoms with E-state index in [1.54, 1.807) is 5.56 Å². The summed E-state index contributed by atoms with van der Waals surface area (Å²) in [5.74, 6) is 0. The molecule has 1 heteroatoms. The molecular weight excluding hydrogens is 194 g/mol. The fourth-order valence-electron chi connectivity index (χ4n) is 2.47. The van der Waals surface area contributed by atoms with Gasteiger partial charge in [-0.1, -0.05) is 43.7 Å². The van der Waals surface area contributed by atoms with Crippen molar-refractivity contribution in [2.45, 2.75) is 39.0 Å². The Morgan fingerprint density at radius 2 is 1.62 bits per heavy atom. The van der Waals surface area contributed by atoms with Gasteiger partial charge in [0.05, 0.1) is 0 Å². The Bertz CT molecular complexity index is 331. The van der Waals surface area contributed by atoms with Gasteiger partial charge in [-0.2, -0.15) is 0 Å². The molecule has 1 nitrogen and oxygen atoms in total. The van der Waals surface area contributed by atoms with Crippen molar-refractivity contribution in [1.29, 1.82) is 0 Å². The Hall–Kier alpha value is -0.820. The van der Waals surface area contributed by atoms with E-state index >= 15 is 0 Å². The van der Waals surface area contributed by atoms with Gasteiger partial charge in [0.25, 0.3) is 0 Å². The number of aryl methyl sites for hydroxylation is 1. The molecule has 1 aromatic rings. The maximum Gasteiger partial charge on any atom is 0.00809 e. The standard InChI is InChI=1S/C15H23N/c1-4-16(5-2)12-15(10-11-15)14-8-6-13(3)7-9-14/h6-9H,4-5,10-12H2,1-3H3.